The van der Waals surface area contributed by atoms with Crippen molar-refractivity contribution in [3.8, 4) is 5.69 Å². The molecule has 0 atom stereocenters. The van der Waals surface area contributed by atoms with E-state index in [0.717, 1.165) is 16.4 Å². The van der Waals surface area contributed by atoms with E-state index in [0.29, 0.717) is 11.8 Å². The van der Waals surface area contributed by atoms with Crippen LogP contribution in [0.5, 0.6) is 0 Å². The summed E-state index contributed by atoms with van der Waals surface area (Å²) < 4.78 is 68.5. The Morgan fingerprint density at radius 3 is 2.32 bits per heavy atom. The van der Waals surface area contributed by atoms with Gasteiger partial charge in [-0.05, 0) is 42.5 Å². The van der Waals surface area contributed by atoms with Gasteiger partial charge in [0.15, 0.2) is 5.69 Å². The number of nitrogens with zero attached hydrogens (tertiary/aromatic N) is 4. The van der Waals surface area contributed by atoms with Crippen LogP contribution >= 0.6 is 0 Å². The Morgan fingerprint density at radius 1 is 0.903 bits per heavy atom. The first-order valence-electron chi connectivity index (χ1n) is 9.32. The Balaban J connectivity index is 1.45. The van der Waals surface area contributed by atoms with E-state index >= 15 is 0 Å². The van der Waals surface area contributed by atoms with Crippen LogP contribution < -0.4 is 0 Å². The fraction of sp³-hybridized carbons (Fsp3) is 0.200. The Labute approximate surface area is 176 Å². The van der Waals surface area contributed by atoms with Crippen molar-refractivity contribution >= 4 is 15.9 Å². The Hall–Kier alpha value is -3.18. The SMILES string of the molecule is O=C(c1ccn(-c2cccc(F)c2)n1)N1CCN(S(=O)(=O)c2cc(F)ccc2F)CC1. The smallest absolute Gasteiger partial charge is 0.274 e. The standard InChI is InChI=1S/C20H17F3N4O3S/c21-14-2-1-3-16(12-14)27-7-6-18(24-27)20(28)25-8-10-26(11-9-25)31(29,30)19-13-15(22)4-5-17(19)23/h1-7,12-13H,8-11H2. The molecule has 2 heterocycles. The molecule has 1 amide bonds. The van der Waals surface area contributed by atoms with Gasteiger partial charge >= 0.3 is 0 Å². The maximum atomic E-state index is 13.9. The molecule has 3 aromatic rings. The second-order valence-electron chi connectivity index (χ2n) is 6.90. The lowest BCUT2D eigenvalue weighted by molar-refractivity contribution is 0.0691. The molecular formula is C20H17F3N4O3S. The van der Waals surface area contributed by atoms with E-state index < -0.39 is 38.3 Å². The van der Waals surface area contributed by atoms with E-state index in [9.17, 15) is 26.4 Å². The molecule has 0 spiro atoms. The number of hydrogen-bond acceptors (Lipinski definition) is 4. The molecule has 31 heavy (non-hydrogen) atoms. The van der Waals surface area contributed by atoms with Crippen LogP contribution in [0.3, 0.4) is 0 Å². The van der Waals surface area contributed by atoms with Crippen LogP contribution in [0.25, 0.3) is 5.69 Å². The van der Waals surface area contributed by atoms with E-state index in [1.54, 1.807) is 6.07 Å². The summed E-state index contributed by atoms with van der Waals surface area (Å²) in [7, 11) is -4.24. The van der Waals surface area contributed by atoms with E-state index in [4.69, 9.17) is 0 Å². The average molecular weight is 450 g/mol. The lowest BCUT2D eigenvalue weighted by atomic mass is 10.3. The molecule has 162 valence electrons. The van der Waals surface area contributed by atoms with Gasteiger partial charge in [0.2, 0.25) is 10.0 Å². The number of halogens is 3. The highest BCUT2D eigenvalue weighted by atomic mass is 32.2. The first kappa shape index (κ1) is 21.1. The third kappa shape index (κ3) is 4.19. The zero-order valence-corrected chi connectivity index (χ0v) is 16.9. The van der Waals surface area contributed by atoms with Crippen LogP contribution in [0.1, 0.15) is 10.5 Å². The first-order valence-corrected chi connectivity index (χ1v) is 10.8. The summed E-state index contributed by atoms with van der Waals surface area (Å²) in [5.41, 5.74) is 0.573. The first-order chi connectivity index (χ1) is 14.8. The van der Waals surface area contributed by atoms with Gasteiger partial charge in [-0.2, -0.15) is 9.40 Å². The van der Waals surface area contributed by atoms with Gasteiger partial charge in [0.25, 0.3) is 5.91 Å². The number of piperazine rings is 1. The molecule has 1 aliphatic heterocycles. The predicted molar refractivity (Wildman–Crippen MR) is 105 cm³/mol. The Bertz CT molecular complexity index is 1240. The van der Waals surface area contributed by atoms with Crippen molar-refractivity contribution in [1.29, 1.82) is 0 Å². The van der Waals surface area contributed by atoms with Crippen molar-refractivity contribution in [3.05, 3.63) is 77.9 Å². The highest BCUT2D eigenvalue weighted by Crippen LogP contribution is 2.22. The maximum Gasteiger partial charge on any atom is 0.274 e. The van der Waals surface area contributed by atoms with E-state index in [1.807, 2.05) is 0 Å². The van der Waals surface area contributed by atoms with Crippen LogP contribution in [0.15, 0.2) is 59.6 Å². The van der Waals surface area contributed by atoms with Gasteiger partial charge in [-0.3, -0.25) is 4.79 Å². The van der Waals surface area contributed by atoms with Crippen molar-refractivity contribution in [2.75, 3.05) is 26.2 Å². The maximum absolute atomic E-state index is 13.9. The van der Waals surface area contributed by atoms with Gasteiger partial charge in [0, 0.05) is 32.4 Å². The molecule has 0 aliphatic carbocycles. The second kappa shape index (κ2) is 8.16. The minimum absolute atomic E-state index is 0.0574. The summed E-state index contributed by atoms with van der Waals surface area (Å²) >= 11 is 0. The van der Waals surface area contributed by atoms with Crippen molar-refractivity contribution in [3.63, 3.8) is 0 Å². The Kier molecular flexibility index (Phi) is 5.54. The molecule has 11 heteroatoms. The van der Waals surface area contributed by atoms with Gasteiger partial charge in [-0.1, -0.05) is 6.07 Å². The van der Waals surface area contributed by atoms with Crippen LogP contribution in [0.2, 0.25) is 0 Å². The lowest BCUT2D eigenvalue weighted by Crippen LogP contribution is -2.50. The quantitative estimate of drug-likeness (QED) is 0.612. The minimum Gasteiger partial charge on any atom is -0.335 e. The van der Waals surface area contributed by atoms with Gasteiger partial charge in [-0.15, -0.1) is 0 Å². The summed E-state index contributed by atoms with van der Waals surface area (Å²) in [6.45, 7) is -0.0348. The number of carbonyl (C=O) groups excluding carboxylic acids is 1. The fourth-order valence-electron chi connectivity index (χ4n) is 3.31. The zero-order valence-electron chi connectivity index (χ0n) is 16.1. The number of carbonyl (C=O) groups is 1. The molecule has 0 bridgehead atoms. The van der Waals surface area contributed by atoms with Crippen LogP contribution in [0, 0.1) is 17.5 Å². The second-order valence-corrected chi connectivity index (χ2v) is 8.80. The van der Waals surface area contributed by atoms with Gasteiger partial charge in [-0.25, -0.2) is 26.3 Å². The molecule has 2 aromatic carbocycles. The predicted octanol–water partition coefficient (Wildman–Crippen LogP) is 2.44. The molecule has 0 radical (unpaired) electrons. The molecular weight excluding hydrogens is 433 g/mol. The molecule has 0 saturated carbocycles. The Morgan fingerprint density at radius 2 is 1.61 bits per heavy atom. The third-order valence-corrected chi connectivity index (χ3v) is 6.83. The fourth-order valence-corrected chi connectivity index (χ4v) is 4.81. The van der Waals surface area contributed by atoms with Crippen LogP contribution in [-0.4, -0.2) is 59.5 Å². The average Bonchev–Trinajstić information content (AvgIpc) is 3.25. The van der Waals surface area contributed by atoms with Gasteiger partial charge < -0.3 is 4.90 Å². The van der Waals surface area contributed by atoms with E-state index in [1.165, 1.54) is 40.0 Å². The molecule has 1 fully saturated rings. The van der Waals surface area contributed by atoms with E-state index in [2.05, 4.69) is 5.10 Å². The summed E-state index contributed by atoms with van der Waals surface area (Å²) in [6.07, 6.45) is 1.52. The highest BCUT2D eigenvalue weighted by Gasteiger charge is 2.33. The molecule has 0 unspecified atom stereocenters. The molecule has 1 aliphatic rings. The molecule has 1 aromatic heterocycles. The summed E-state index contributed by atoms with van der Waals surface area (Å²) in [5, 5.41) is 4.17. The molecule has 7 nitrogen and oxygen atoms in total. The summed E-state index contributed by atoms with van der Waals surface area (Å²) in [6, 6.07) is 9.46. The number of hydrogen-bond donors (Lipinski definition) is 0. The van der Waals surface area contributed by atoms with Crippen molar-refractivity contribution in [1.82, 2.24) is 19.0 Å². The number of aromatic nitrogens is 2. The van der Waals surface area contributed by atoms with Crippen LogP contribution in [-0.2, 0) is 10.0 Å². The highest BCUT2D eigenvalue weighted by molar-refractivity contribution is 7.89. The number of amides is 1. The largest absolute Gasteiger partial charge is 0.335 e. The summed E-state index contributed by atoms with van der Waals surface area (Å²) in [5.74, 6) is -2.75. The monoisotopic (exact) mass is 450 g/mol. The van der Waals surface area contributed by atoms with Crippen molar-refractivity contribution < 1.29 is 26.4 Å². The molecule has 4 rings (SSSR count). The molecule has 0 N–H and O–H groups in total. The topological polar surface area (TPSA) is 75.5 Å². The van der Waals surface area contributed by atoms with E-state index in [-0.39, 0.29) is 31.9 Å². The third-order valence-electron chi connectivity index (χ3n) is 4.92. The zero-order chi connectivity index (χ0) is 22.2. The number of sulfonamides is 1. The normalized spacial score (nSPS) is 15.3. The number of rotatable bonds is 4. The molecule has 1 saturated heterocycles. The summed E-state index contributed by atoms with van der Waals surface area (Å²) in [4.78, 5) is 13.4. The van der Waals surface area contributed by atoms with Crippen LogP contribution in [0.4, 0.5) is 13.2 Å². The number of benzene rings is 2. The minimum atomic E-state index is -4.24. The lowest BCUT2D eigenvalue weighted by Gasteiger charge is -2.33. The van der Waals surface area contributed by atoms with Gasteiger partial charge in [0.1, 0.15) is 22.3 Å². The van der Waals surface area contributed by atoms with Gasteiger partial charge in [0.05, 0.1) is 5.69 Å². The van der Waals surface area contributed by atoms with Crippen molar-refractivity contribution in [2.24, 2.45) is 0 Å². The van der Waals surface area contributed by atoms with Crippen molar-refractivity contribution in [2.45, 2.75) is 4.90 Å².